The van der Waals surface area contributed by atoms with Crippen LogP contribution >= 0.6 is 11.8 Å². The number of hydrogen-bond acceptors (Lipinski definition) is 4. The summed E-state index contributed by atoms with van der Waals surface area (Å²) < 4.78 is 4.62. The van der Waals surface area contributed by atoms with Crippen LogP contribution in [0.3, 0.4) is 0 Å². The molecule has 1 saturated carbocycles. The standard InChI is InChI=1S/C16H20N2O4S/c1-22-15(19)17-10-4-7-14(23-11-5-6-11)12(9-10)13-3-2-8-18(13)16(20)21/h4,7,9,11,13H,2-3,5-6,8H2,1H3,(H,17,19)(H,20,21)/t13-/m1/s1. The van der Waals surface area contributed by atoms with Crippen molar-refractivity contribution in [1.82, 2.24) is 4.90 Å². The third-order valence-corrected chi connectivity index (χ3v) is 5.55. The van der Waals surface area contributed by atoms with E-state index in [-0.39, 0.29) is 6.04 Å². The van der Waals surface area contributed by atoms with Gasteiger partial charge in [-0.15, -0.1) is 11.8 Å². The van der Waals surface area contributed by atoms with Gasteiger partial charge in [0.25, 0.3) is 0 Å². The van der Waals surface area contributed by atoms with Gasteiger partial charge in [0.2, 0.25) is 0 Å². The summed E-state index contributed by atoms with van der Waals surface area (Å²) in [4.78, 5) is 25.5. The van der Waals surface area contributed by atoms with Gasteiger partial charge in [-0.25, -0.2) is 9.59 Å². The Labute approximate surface area is 139 Å². The van der Waals surface area contributed by atoms with Crippen molar-refractivity contribution in [2.24, 2.45) is 0 Å². The monoisotopic (exact) mass is 336 g/mol. The average Bonchev–Trinajstić information content (AvgIpc) is 3.20. The molecule has 6 nitrogen and oxygen atoms in total. The highest BCUT2D eigenvalue weighted by molar-refractivity contribution is 8.00. The van der Waals surface area contributed by atoms with Gasteiger partial charge in [0.1, 0.15) is 0 Å². The van der Waals surface area contributed by atoms with Crippen LogP contribution < -0.4 is 5.32 Å². The van der Waals surface area contributed by atoms with Crippen LogP contribution in [-0.2, 0) is 4.74 Å². The van der Waals surface area contributed by atoms with Gasteiger partial charge >= 0.3 is 12.2 Å². The fourth-order valence-corrected chi connectivity index (χ4v) is 4.06. The third-order valence-electron chi connectivity index (χ3n) is 4.12. The van der Waals surface area contributed by atoms with E-state index in [4.69, 9.17) is 0 Å². The van der Waals surface area contributed by atoms with E-state index in [2.05, 4.69) is 10.1 Å². The number of methoxy groups -OCH3 is 1. The van der Waals surface area contributed by atoms with E-state index in [1.54, 1.807) is 11.8 Å². The number of carboxylic acid groups (broad SMARTS) is 1. The fourth-order valence-electron chi connectivity index (χ4n) is 2.85. The van der Waals surface area contributed by atoms with Crippen LogP contribution in [0.5, 0.6) is 0 Å². The molecule has 0 spiro atoms. The fraction of sp³-hybridized carbons (Fsp3) is 0.500. The second-order valence-corrected chi connectivity index (χ2v) is 7.16. The van der Waals surface area contributed by atoms with Crippen molar-refractivity contribution in [3.05, 3.63) is 23.8 Å². The molecule has 2 fully saturated rings. The summed E-state index contributed by atoms with van der Waals surface area (Å²) in [6.07, 6.45) is 2.67. The molecule has 0 aromatic heterocycles. The number of amides is 2. The van der Waals surface area contributed by atoms with Crippen molar-refractivity contribution in [3.8, 4) is 0 Å². The lowest BCUT2D eigenvalue weighted by atomic mass is 10.0. The van der Waals surface area contributed by atoms with Gasteiger partial charge in [-0.3, -0.25) is 5.32 Å². The molecule has 1 aromatic rings. The quantitative estimate of drug-likeness (QED) is 0.871. The first kappa shape index (κ1) is 16.0. The van der Waals surface area contributed by atoms with Gasteiger partial charge in [0.05, 0.1) is 13.2 Å². The van der Waals surface area contributed by atoms with Crippen LogP contribution in [0.15, 0.2) is 23.1 Å². The molecule has 0 radical (unpaired) electrons. The maximum absolute atomic E-state index is 11.5. The Balaban J connectivity index is 1.91. The van der Waals surface area contributed by atoms with Gasteiger partial charge in [-0.2, -0.15) is 0 Å². The average molecular weight is 336 g/mol. The molecule has 3 rings (SSSR count). The van der Waals surface area contributed by atoms with Crippen molar-refractivity contribution in [3.63, 3.8) is 0 Å². The highest BCUT2D eigenvalue weighted by Gasteiger charge is 2.33. The predicted molar refractivity (Wildman–Crippen MR) is 88.1 cm³/mol. The number of carbonyl (C=O) groups is 2. The second-order valence-electron chi connectivity index (χ2n) is 5.82. The molecule has 0 unspecified atom stereocenters. The summed E-state index contributed by atoms with van der Waals surface area (Å²) in [5.41, 5.74) is 1.61. The Morgan fingerprint density at radius 1 is 1.35 bits per heavy atom. The smallest absolute Gasteiger partial charge is 0.411 e. The molecule has 1 heterocycles. The summed E-state index contributed by atoms with van der Waals surface area (Å²) in [5.74, 6) is 0. The van der Waals surface area contributed by atoms with Gasteiger partial charge < -0.3 is 14.7 Å². The van der Waals surface area contributed by atoms with E-state index in [1.165, 1.54) is 24.9 Å². The Hall–Kier alpha value is -1.89. The van der Waals surface area contributed by atoms with Crippen molar-refractivity contribution in [1.29, 1.82) is 0 Å². The Morgan fingerprint density at radius 2 is 2.13 bits per heavy atom. The topological polar surface area (TPSA) is 78.9 Å². The number of benzene rings is 1. The minimum Gasteiger partial charge on any atom is -0.465 e. The number of anilines is 1. The third kappa shape index (κ3) is 3.72. The number of nitrogens with zero attached hydrogens (tertiary/aromatic N) is 1. The maximum Gasteiger partial charge on any atom is 0.411 e. The molecule has 2 N–H and O–H groups in total. The molecule has 2 aliphatic rings. The maximum atomic E-state index is 11.5. The van der Waals surface area contributed by atoms with Crippen molar-refractivity contribution >= 4 is 29.6 Å². The summed E-state index contributed by atoms with van der Waals surface area (Å²) in [5, 5.41) is 12.7. The highest BCUT2D eigenvalue weighted by Crippen LogP contribution is 2.45. The van der Waals surface area contributed by atoms with Crippen LogP contribution in [0.1, 0.15) is 37.3 Å². The minimum absolute atomic E-state index is 0.145. The Morgan fingerprint density at radius 3 is 2.78 bits per heavy atom. The first-order valence-corrected chi connectivity index (χ1v) is 8.61. The Bertz CT molecular complexity index is 618. The number of hydrogen-bond donors (Lipinski definition) is 2. The molecule has 1 atom stereocenters. The number of carbonyl (C=O) groups excluding carboxylic acids is 1. The lowest BCUT2D eigenvalue weighted by Gasteiger charge is -2.24. The number of ether oxygens (including phenoxy) is 1. The first-order chi connectivity index (χ1) is 11.1. The summed E-state index contributed by atoms with van der Waals surface area (Å²) in [6.45, 7) is 0.558. The summed E-state index contributed by atoms with van der Waals surface area (Å²) in [6, 6.07) is 5.55. The molecule has 23 heavy (non-hydrogen) atoms. The van der Waals surface area contributed by atoms with Crippen LogP contribution in [0.4, 0.5) is 15.3 Å². The predicted octanol–water partition coefficient (Wildman–Crippen LogP) is 3.93. The molecule has 0 bridgehead atoms. The summed E-state index contributed by atoms with van der Waals surface area (Å²) >= 11 is 1.81. The zero-order valence-electron chi connectivity index (χ0n) is 12.9. The zero-order chi connectivity index (χ0) is 16.4. The highest BCUT2D eigenvalue weighted by atomic mass is 32.2. The Kier molecular flexibility index (Phi) is 4.66. The van der Waals surface area contributed by atoms with Crippen LogP contribution in [-0.4, -0.2) is 41.1 Å². The lowest BCUT2D eigenvalue weighted by Crippen LogP contribution is -2.29. The van der Waals surface area contributed by atoms with Gasteiger partial charge in [-0.1, -0.05) is 0 Å². The molecular weight excluding hydrogens is 316 g/mol. The van der Waals surface area contributed by atoms with Gasteiger partial charge in [-0.05, 0) is 49.4 Å². The molecule has 1 aliphatic heterocycles. The number of thioether (sulfide) groups is 1. The molecule has 7 heteroatoms. The van der Waals surface area contributed by atoms with E-state index < -0.39 is 12.2 Å². The van der Waals surface area contributed by atoms with Crippen molar-refractivity contribution in [2.45, 2.75) is 41.9 Å². The van der Waals surface area contributed by atoms with E-state index in [9.17, 15) is 14.7 Å². The normalized spacial score (nSPS) is 20.4. The van der Waals surface area contributed by atoms with E-state index in [1.807, 2.05) is 18.2 Å². The number of rotatable bonds is 4. The van der Waals surface area contributed by atoms with Gasteiger partial charge in [0.15, 0.2) is 0 Å². The van der Waals surface area contributed by atoms with Crippen LogP contribution in [0.2, 0.25) is 0 Å². The molecule has 124 valence electrons. The first-order valence-electron chi connectivity index (χ1n) is 7.73. The lowest BCUT2D eigenvalue weighted by molar-refractivity contribution is 0.140. The minimum atomic E-state index is -0.888. The number of likely N-dealkylation sites (tertiary alicyclic amines) is 1. The van der Waals surface area contributed by atoms with E-state index in [0.29, 0.717) is 17.5 Å². The van der Waals surface area contributed by atoms with E-state index in [0.717, 1.165) is 23.3 Å². The largest absolute Gasteiger partial charge is 0.465 e. The number of nitrogens with one attached hydrogen (secondary N) is 1. The molecule has 1 aromatic carbocycles. The molecule has 2 amide bonds. The van der Waals surface area contributed by atoms with Crippen LogP contribution in [0, 0.1) is 0 Å². The molecular formula is C16H20N2O4S. The molecule has 1 saturated heterocycles. The van der Waals surface area contributed by atoms with Crippen molar-refractivity contribution in [2.75, 3.05) is 19.0 Å². The SMILES string of the molecule is COC(=O)Nc1ccc(SC2CC2)c([C@H]2CCCN2C(=O)O)c1. The summed E-state index contributed by atoms with van der Waals surface area (Å²) in [7, 11) is 1.32. The van der Waals surface area contributed by atoms with E-state index >= 15 is 0 Å². The van der Waals surface area contributed by atoms with Crippen LogP contribution in [0.25, 0.3) is 0 Å². The van der Waals surface area contributed by atoms with Crippen molar-refractivity contribution < 1.29 is 19.4 Å². The van der Waals surface area contributed by atoms with Gasteiger partial charge in [0, 0.05) is 22.4 Å². The zero-order valence-corrected chi connectivity index (χ0v) is 13.8. The molecule has 1 aliphatic carbocycles. The second kappa shape index (κ2) is 6.70.